The molecule has 5 aromatic rings. The Morgan fingerprint density at radius 1 is 1.02 bits per heavy atom. The second-order valence-corrected chi connectivity index (χ2v) is 18.4. The number of aliphatic hydroxyl groups excluding tert-OH is 1. The minimum absolute atomic E-state index is 0.101. The van der Waals surface area contributed by atoms with E-state index in [1.807, 2.05) is 111 Å². The minimum Gasteiger partial charge on any atom is -0.432 e. The second kappa shape index (κ2) is 12.4. The van der Waals surface area contributed by atoms with Gasteiger partial charge in [-0.25, -0.2) is 0 Å². The van der Waals surface area contributed by atoms with Gasteiger partial charge in [0.1, 0.15) is 0 Å². The van der Waals surface area contributed by atoms with Gasteiger partial charge in [0.2, 0.25) is 0 Å². The first-order chi connectivity index (χ1) is 24.6. The first kappa shape index (κ1) is 33.2. The zero-order valence-corrected chi connectivity index (χ0v) is 29.9. The highest BCUT2D eigenvalue weighted by atomic mass is 28.4. The van der Waals surface area contributed by atoms with Gasteiger partial charge in [0.15, 0.2) is 13.9 Å². The molecule has 0 bridgehead atoms. The third kappa shape index (κ3) is 5.09. The fraction of sp³-hybridized carbons (Fsp3) is 0.300. The molecule has 0 saturated carbocycles. The smallest absolute Gasteiger partial charge is 0.264 e. The lowest BCUT2D eigenvalue weighted by Crippen LogP contribution is -2.46. The van der Waals surface area contributed by atoms with Crippen molar-refractivity contribution < 1.29 is 24.2 Å². The maximum atomic E-state index is 14.7. The number of anilines is 3. The Balaban J connectivity index is 1.15. The van der Waals surface area contributed by atoms with Crippen molar-refractivity contribution in [1.82, 2.24) is 15.0 Å². The van der Waals surface area contributed by atoms with E-state index in [-0.39, 0.29) is 35.8 Å². The van der Waals surface area contributed by atoms with Crippen LogP contribution in [-0.2, 0) is 21.7 Å². The van der Waals surface area contributed by atoms with Gasteiger partial charge in [0.05, 0.1) is 41.3 Å². The topological polar surface area (TPSA) is 121 Å². The average molecular weight is 700 g/mol. The van der Waals surface area contributed by atoms with E-state index in [0.717, 1.165) is 22.0 Å². The molecule has 1 fully saturated rings. The predicted octanol–water partition coefficient (Wildman–Crippen LogP) is 6.27. The van der Waals surface area contributed by atoms with Gasteiger partial charge in [-0.1, -0.05) is 72.8 Å². The van der Waals surface area contributed by atoms with Crippen molar-refractivity contribution in [2.75, 3.05) is 23.0 Å². The number of hydrogen-bond acceptors (Lipinski definition) is 7. The first-order valence-corrected chi connectivity index (χ1v) is 20.5. The van der Waals surface area contributed by atoms with E-state index in [9.17, 15) is 19.5 Å². The predicted molar refractivity (Wildman–Crippen MR) is 199 cm³/mol. The van der Waals surface area contributed by atoms with E-state index in [4.69, 9.17) is 4.74 Å². The Kier molecular flexibility index (Phi) is 8.06. The maximum absolute atomic E-state index is 14.7. The number of amides is 2. The van der Waals surface area contributed by atoms with E-state index in [1.54, 1.807) is 20.6 Å². The molecule has 3 aliphatic heterocycles. The monoisotopic (exact) mass is 699 g/mol. The van der Waals surface area contributed by atoms with Gasteiger partial charge in [0, 0.05) is 47.4 Å². The number of carbonyl (C=O) groups excluding carboxylic acids is 2. The van der Waals surface area contributed by atoms with Crippen LogP contribution < -0.4 is 9.80 Å². The molecule has 0 aliphatic carbocycles. The number of hydrogen-bond donors (Lipinski definition) is 2. The first-order valence-electron chi connectivity index (χ1n) is 17.5. The zero-order chi connectivity index (χ0) is 35.7. The second-order valence-electron chi connectivity index (χ2n) is 14.4. The van der Waals surface area contributed by atoms with Crippen molar-refractivity contribution in [3.8, 4) is 0 Å². The molecule has 0 radical (unpaired) electrons. The summed E-state index contributed by atoms with van der Waals surface area (Å²) in [5.41, 5.74) is 3.46. The molecular weight excluding hydrogens is 659 g/mol. The van der Waals surface area contributed by atoms with Crippen LogP contribution in [0.1, 0.15) is 46.4 Å². The molecule has 260 valence electrons. The van der Waals surface area contributed by atoms with Crippen molar-refractivity contribution in [2.45, 2.75) is 56.1 Å². The lowest BCUT2D eigenvalue weighted by atomic mass is 9.82. The maximum Gasteiger partial charge on any atom is 0.264 e. The van der Waals surface area contributed by atoms with Gasteiger partial charge in [-0.15, -0.1) is 11.7 Å². The van der Waals surface area contributed by atoms with Crippen LogP contribution in [0.3, 0.4) is 0 Å². The van der Waals surface area contributed by atoms with E-state index in [2.05, 4.69) is 16.9 Å². The highest BCUT2D eigenvalue weighted by Crippen LogP contribution is 2.60. The Morgan fingerprint density at radius 3 is 2.51 bits per heavy atom. The fourth-order valence-electron chi connectivity index (χ4n) is 8.85. The SMILES string of the molecule is C=CCN1C(=O)[C@@]2(O[C@@H](CCn3cc(C(CO)c4ccccc4)nn3)[C@H]([Si](C)(C)O)[C@H]2C)c2cc(N3C(=O)c4cccc5cccc3c45)ccc21. The van der Waals surface area contributed by atoms with E-state index >= 15 is 0 Å². The number of nitrogens with zero attached hydrogens (tertiary/aromatic N) is 5. The third-order valence-electron chi connectivity index (χ3n) is 11.0. The molecule has 1 aromatic heterocycles. The molecule has 2 N–H and O–H groups in total. The van der Waals surface area contributed by atoms with Gasteiger partial charge in [0.25, 0.3) is 11.8 Å². The summed E-state index contributed by atoms with van der Waals surface area (Å²) in [5, 5.41) is 20.8. The van der Waals surface area contributed by atoms with Gasteiger partial charge in [-0.3, -0.25) is 19.2 Å². The summed E-state index contributed by atoms with van der Waals surface area (Å²) >= 11 is 0. The fourth-order valence-corrected chi connectivity index (χ4v) is 11.5. The molecule has 2 amide bonds. The average Bonchev–Trinajstić information content (AvgIpc) is 3.85. The van der Waals surface area contributed by atoms with Gasteiger partial charge in [-0.05, 0) is 60.8 Å². The van der Waals surface area contributed by atoms with Crippen LogP contribution in [0.25, 0.3) is 10.8 Å². The summed E-state index contributed by atoms with van der Waals surface area (Å²) in [5.74, 6) is -0.986. The third-order valence-corrected chi connectivity index (χ3v) is 13.5. The van der Waals surface area contributed by atoms with Crippen molar-refractivity contribution >= 4 is 48.0 Å². The number of aryl methyl sites for hydroxylation is 1. The number of benzene rings is 4. The molecule has 11 heteroatoms. The van der Waals surface area contributed by atoms with Crippen LogP contribution in [0.15, 0.2) is 104 Å². The largest absolute Gasteiger partial charge is 0.432 e. The van der Waals surface area contributed by atoms with Crippen LogP contribution in [-0.4, -0.2) is 64.3 Å². The molecule has 4 heterocycles. The van der Waals surface area contributed by atoms with Crippen molar-refractivity contribution in [3.05, 3.63) is 126 Å². The Bertz CT molecular complexity index is 2180. The molecule has 3 aliphatic rings. The van der Waals surface area contributed by atoms with Crippen LogP contribution in [0.4, 0.5) is 17.1 Å². The highest BCUT2D eigenvalue weighted by molar-refractivity contribution is 6.71. The molecule has 1 spiro atoms. The van der Waals surface area contributed by atoms with Crippen molar-refractivity contribution in [2.24, 2.45) is 5.92 Å². The molecule has 10 nitrogen and oxygen atoms in total. The number of aromatic nitrogens is 3. The molecule has 4 aromatic carbocycles. The zero-order valence-electron chi connectivity index (χ0n) is 28.9. The van der Waals surface area contributed by atoms with Gasteiger partial charge in [-0.2, -0.15) is 0 Å². The normalized spacial score (nSPS) is 23.1. The molecule has 1 saturated heterocycles. The van der Waals surface area contributed by atoms with Crippen LogP contribution in [0.2, 0.25) is 18.6 Å². The Labute approximate surface area is 297 Å². The Morgan fingerprint density at radius 2 is 1.78 bits per heavy atom. The number of ether oxygens (including phenoxy) is 1. The number of aliphatic hydroxyl groups is 1. The molecular formula is C40H41N5O5Si. The summed E-state index contributed by atoms with van der Waals surface area (Å²) in [4.78, 5) is 43.9. The molecule has 8 rings (SSSR count). The summed E-state index contributed by atoms with van der Waals surface area (Å²) in [7, 11) is -2.92. The number of carbonyl (C=O) groups is 2. The van der Waals surface area contributed by atoms with Crippen LogP contribution in [0, 0.1) is 5.92 Å². The number of fused-ring (bicyclic) bond motifs is 2. The van der Waals surface area contributed by atoms with Crippen LogP contribution in [0.5, 0.6) is 0 Å². The standard InChI is InChI=1S/C40H41N5O5Si/c1-5-20-44-33-18-17-28(45-34-16-10-14-27-13-9-15-29(36(27)34)38(45)47)22-31(33)40(39(44)48)25(2)37(51(3,4)49)35(50-40)19-21-43-23-32(41-42-43)30(24-46)26-11-7-6-8-12-26/h5-18,22-23,25,30,35,37,46,49H,1,19-21,24H2,2-4H3/t25-,30?,35+,37-,40+/m1/s1. The summed E-state index contributed by atoms with van der Waals surface area (Å²) in [6, 6.07) is 27.1. The molecule has 51 heavy (non-hydrogen) atoms. The lowest BCUT2D eigenvalue weighted by molar-refractivity contribution is -0.145. The summed E-state index contributed by atoms with van der Waals surface area (Å²) in [6.07, 6.45) is 3.57. The summed E-state index contributed by atoms with van der Waals surface area (Å²) in [6.45, 7) is 10.4. The van der Waals surface area contributed by atoms with Gasteiger partial charge >= 0.3 is 0 Å². The Hall–Kier alpha value is -4.94. The summed E-state index contributed by atoms with van der Waals surface area (Å²) < 4.78 is 8.79. The number of rotatable bonds is 10. The molecule has 1 unspecified atom stereocenters. The lowest BCUT2D eigenvalue weighted by Gasteiger charge is -2.32. The van der Waals surface area contributed by atoms with Gasteiger partial charge < -0.3 is 19.5 Å². The quantitative estimate of drug-likeness (QED) is 0.130. The van der Waals surface area contributed by atoms with E-state index in [1.165, 1.54) is 0 Å². The highest BCUT2D eigenvalue weighted by Gasteiger charge is 2.66. The van der Waals surface area contributed by atoms with E-state index in [0.29, 0.717) is 47.7 Å². The van der Waals surface area contributed by atoms with Crippen LogP contribution >= 0.6 is 0 Å². The van der Waals surface area contributed by atoms with E-state index < -0.39 is 20.0 Å². The van der Waals surface area contributed by atoms with Crippen molar-refractivity contribution in [3.63, 3.8) is 0 Å². The minimum atomic E-state index is -2.92. The molecule has 5 atom stereocenters. The van der Waals surface area contributed by atoms with Crippen molar-refractivity contribution in [1.29, 1.82) is 0 Å².